The van der Waals surface area contributed by atoms with Gasteiger partial charge in [0.15, 0.2) is 0 Å². The normalized spacial score (nSPS) is 15.4. The van der Waals surface area contributed by atoms with Gasteiger partial charge in [-0.2, -0.15) is 9.40 Å². The number of rotatable bonds is 4. The number of hydrogen-bond acceptors (Lipinski definition) is 4. The van der Waals surface area contributed by atoms with Crippen LogP contribution in [0.15, 0.2) is 66.9 Å². The summed E-state index contributed by atoms with van der Waals surface area (Å²) < 4.78 is 26.6. The van der Waals surface area contributed by atoms with Gasteiger partial charge in [0.2, 0.25) is 10.0 Å². The van der Waals surface area contributed by atoms with E-state index in [0.717, 1.165) is 11.3 Å². The smallest absolute Gasteiger partial charge is 0.257 e. The summed E-state index contributed by atoms with van der Waals surface area (Å²) in [6.07, 6.45) is 2.95. The molecule has 8 heteroatoms. The van der Waals surface area contributed by atoms with Crippen molar-refractivity contribution >= 4 is 15.9 Å². The van der Waals surface area contributed by atoms with E-state index in [1.54, 1.807) is 15.8 Å². The van der Waals surface area contributed by atoms with Crippen LogP contribution >= 0.6 is 0 Å². The Morgan fingerprint density at radius 1 is 0.897 bits per heavy atom. The molecule has 4 rings (SSSR count). The lowest BCUT2D eigenvalue weighted by atomic mass is 10.1. The molecule has 29 heavy (non-hydrogen) atoms. The fourth-order valence-corrected chi connectivity index (χ4v) is 4.27. The lowest BCUT2D eigenvalue weighted by molar-refractivity contribution is 0.0699. The molecule has 0 radical (unpaired) electrons. The molecule has 0 N–H and O–H groups in total. The Kier molecular flexibility index (Phi) is 5.21. The van der Waals surface area contributed by atoms with Gasteiger partial charge in [-0.15, -0.1) is 0 Å². The average molecular weight is 410 g/mol. The third kappa shape index (κ3) is 4.08. The second kappa shape index (κ2) is 7.81. The largest absolute Gasteiger partial charge is 0.336 e. The maximum atomic E-state index is 13.3. The minimum absolute atomic E-state index is 0.140. The number of piperazine rings is 1. The van der Waals surface area contributed by atoms with Gasteiger partial charge in [0, 0.05) is 37.9 Å². The number of carbonyl (C=O) groups excluding carboxylic acids is 1. The number of sulfonamides is 1. The van der Waals surface area contributed by atoms with Crippen molar-refractivity contribution in [3.05, 3.63) is 72.4 Å². The van der Waals surface area contributed by atoms with Crippen molar-refractivity contribution < 1.29 is 13.2 Å². The summed E-state index contributed by atoms with van der Waals surface area (Å²) in [5.41, 5.74) is 2.85. The minimum Gasteiger partial charge on any atom is -0.336 e. The van der Waals surface area contributed by atoms with Gasteiger partial charge in [0.1, 0.15) is 5.69 Å². The van der Waals surface area contributed by atoms with E-state index < -0.39 is 10.0 Å². The van der Waals surface area contributed by atoms with Crippen LogP contribution < -0.4 is 0 Å². The molecule has 1 aliphatic heterocycles. The van der Waals surface area contributed by atoms with Gasteiger partial charge in [-0.05, 0) is 12.1 Å². The average Bonchev–Trinajstić information content (AvgIpc) is 3.19. The van der Waals surface area contributed by atoms with Gasteiger partial charge in [0.25, 0.3) is 5.91 Å². The predicted molar refractivity (Wildman–Crippen MR) is 111 cm³/mol. The summed E-state index contributed by atoms with van der Waals surface area (Å²) in [6.45, 7) is 1.32. The van der Waals surface area contributed by atoms with E-state index >= 15 is 0 Å². The zero-order valence-corrected chi connectivity index (χ0v) is 16.9. The molecular formula is C21H22N4O3S. The van der Waals surface area contributed by atoms with E-state index in [9.17, 15) is 13.2 Å². The van der Waals surface area contributed by atoms with E-state index in [1.807, 2.05) is 60.7 Å². The van der Waals surface area contributed by atoms with Crippen molar-refractivity contribution in [2.45, 2.75) is 0 Å². The van der Waals surface area contributed by atoms with Crippen molar-refractivity contribution in [1.82, 2.24) is 19.0 Å². The third-order valence-corrected chi connectivity index (χ3v) is 6.31. The van der Waals surface area contributed by atoms with Gasteiger partial charge in [-0.25, -0.2) is 13.1 Å². The van der Waals surface area contributed by atoms with E-state index in [2.05, 4.69) is 5.10 Å². The molecule has 1 amide bonds. The number of aromatic nitrogens is 2. The standard InChI is InChI=1S/C21H22N4O3S/c1-29(27,28)24-14-12-23(13-15-24)21(26)19-16-25(18-10-6-3-7-11-18)22-20(19)17-8-4-2-5-9-17/h2-11,16H,12-15H2,1H3. The van der Waals surface area contributed by atoms with E-state index in [0.29, 0.717) is 37.4 Å². The fraction of sp³-hybridized carbons (Fsp3) is 0.238. The number of amides is 1. The minimum atomic E-state index is -3.24. The first-order valence-electron chi connectivity index (χ1n) is 9.38. The Balaban J connectivity index is 1.67. The van der Waals surface area contributed by atoms with Crippen LogP contribution in [0.5, 0.6) is 0 Å². The second-order valence-electron chi connectivity index (χ2n) is 6.99. The summed E-state index contributed by atoms with van der Waals surface area (Å²) in [5.74, 6) is -0.140. The molecule has 2 aromatic carbocycles. The maximum Gasteiger partial charge on any atom is 0.257 e. The number of hydrogen-bond donors (Lipinski definition) is 0. The molecule has 0 spiro atoms. The number of para-hydroxylation sites is 1. The van der Waals surface area contributed by atoms with Crippen LogP contribution in [0.4, 0.5) is 0 Å². The molecule has 7 nitrogen and oxygen atoms in total. The van der Waals surface area contributed by atoms with Crippen LogP contribution in [-0.4, -0.2) is 65.7 Å². The Hall–Kier alpha value is -2.97. The van der Waals surface area contributed by atoms with Crippen molar-refractivity contribution in [3.8, 4) is 16.9 Å². The molecule has 1 saturated heterocycles. The number of carbonyl (C=O) groups is 1. The monoisotopic (exact) mass is 410 g/mol. The molecule has 1 aromatic heterocycles. The van der Waals surface area contributed by atoms with Crippen molar-refractivity contribution in [1.29, 1.82) is 0 Å². The molecule has 1 aliphatic rings. The Bertz CT molecular complexity index is 1100. The SMILES string of the molecule is CS(=O)(=O)N1CCN(C(=O)c2cn(-c3ccccc3)nc2-c2ccccc2)CC1. The van der Waals surface area contributed by atoms with Crippen LogP contribution in [0.2, 0.25) is 0 Å². The first-order valence-corrected chi connectivity index (χ1v) is 11.2. The van der Waals surface area contributed by atoms with E-state index in [4.69, 9.17) is 0 Å². The Labute approximate surface area is 170 Å². The molecular weight excluding hydrogens is 388 g/mol. The summed E-state index contributed by atoms with van der Waals surface area (Å²) in [5, 5.41) is 4.68. The van der Waals surface area contributed by atoms with Crippen LogP contribution in [0, 0.1) is 0 Å². The molecule has 2 heterocycles. The lowest BCUT2D eigenvalue weighted by Gasteiger charge is -2.33. The van der Waals surface area contributed by atoms with E-state index in [1.165, 1.54) is 10.6 Å². The van der Waals surface area contributed by atoms with Gasteiger partial charge < -0.3 is 4.90 Å². The molecule has 1 fully saturated rings. The molecule has 0 unspecified atom stereocenters. The molecule has 0 bridgehead atoms. The first kappa shape index (κ1) is 19.4. The lowest BCUT2D eigenvalue weighted by Crippen LogP contribution is -2.50. The topological polar surface area (TPSA) is 75.5 Å². The molecule has 150 valence electrons. The summed E-state index contributed by atoms with van der Waals surface area (Å²) in [4.78, 5) is 15.0. The number of nitrogens with zero attached hydrogens (tertiary/aromatic N) is 4. The second-order valence-corrected chi connectivity index (χ2v) is 8.97. The molecule has 0 atom stereocenters. The summed E-state index contributed by atoms with van der Waals surface area (Å²) >= 11 is 0. The zero-order chi connectivity index (χ0) is 20.4. The maximum absolute atomic E-state index is 13.3. The van der Waals surface area contributed by atoms with Crippen molar-refractivity contribution in [3.63, 3.8) is 0 Å². The predicted octanol–water partition coefficient (Wildman–Crippen LogP) is 2.26. The summed E-state index contributed by atoms with van der Waals surface area (Å²) in [7, 11) is -3.24. The van der Waals surface area contributed by atoms with Crippen LogP contribution in [0.3, 0.4) is 0 Å². The summed E-state index contributed by atoms with van der Waals surface area (Å²) in [6, 6.07) is 19.2. The van der Waals surface area contributed by atoms with Gasteiger partial charge in [-0.1, -0.05) is 48.5 Å². The van der Waals surface area contributed by atoms with Crippen LogP contribution in [-0.2, 0) is 10.0 Å². The zero-order valence-electron chi connectivity index (χ0n) is 16.1. The Morgan fingerprint density at radius 3 is 2.07 bits per heavy atom. The van der Waals surface area contributed by atoms with Crippen LogP contribution in [0.25, 0.3) is 16.9 Å². The molecule has 0 saturated carbocycles. The van der Waals surface area contributed by atoms with Gasteiger partial charge >= 0.3 is 0 Å². The highest BCUT2D eigenvalue weighted by atomic mass is 32.2. The Morgan fingerprint density at radius 2 is 1.48 bits per heavy atom. The molecule has 3 aromatic rings. The van der Waals surface area contributed by atoms with Gasteiger partial charge in [-0.3, -0.25) is 4.79 Å². The first-order chi connectivity index (χ1) is 13.9. The van der Waals surface area contributed by atoms with Gasteiger partial charge in [0.05, 0.1) is 17.5 Å². The number of benzene rings is 2. The fourth-order valence-electron chi connectivity index (χ4n) is 3.45. The quantitative estimate of drug-likeness (QED) is 0.661. The van der Waals surface area contributed by atoms with Crippen molar-refractivity contribution in [2.24, 2.45) is 0 Å². The van der Waals surface area contributed by atoms with E-state index in [-0.39, 0.29) is 5.91 Å². The van der Waals surface area contributed by atoms with Crippen molar-refractivity contribution in [2.75, 3.05) is 32.4 Å². The van der Waals surface area contributed by atoms with Crippen LogP contribution in [0.1, 0.15) is 10.4 Å². The third-order valence-electron chi connectivity index (χ3n) is 5.01. The highest BCUT2D eigenvalue weighted by Gasteiger charge is 2.29. The highest BCUT2D eigenvalue weighted by molar-refractivity contribution is 7.88. The molecule has 0 aliphatic carbocycles. The highest BCUT2D eigenvalue weighted by Crippen LogP contribution is 2.25.